The van der Waals surface area contributed by atoms with E-state index in [2.05, 4.69) is 46.5 Å². The van der Waals surface area contributed by atoms with Crippen LogP contribution in [-0.4, -0.2) is 35.0 Å². The van der Waals surface area contributed by atoms with Crippen molar-refractivity contribution >= 4 is 11.9 Å². The summed E-state index contributed by atoms with van der Waals surface area (Å²) in [5.74, 6) is 0.817. The fourth-order valence-corrected chi connectivity index (χ4v) is 3.87. The van der Waals surface area contributed by atoms with E-state index in [9.17, 15) is 4.79 Å². The first-order valence-electron chi connectivity index (χ1n) is 9.95. The highest BCUT2D eigenvalue weighted by atomic mass is 16.1. The van der Waals surface area contributed by atoms with E-state index in [1.165, 1.54) is 37.7 Å². The Morgan fingerprint density at radius 3 is 2.56 bits per heavy atom. The minimum absolute atomic E-state index is 0.00900. The smallest absolute Gasteiger partial charge is 0.225 e. The second-order valence-corrected chi connectivity index (χ2v) is 7.65. The summed E-state index contributed by atoms with van der Waals surface area (Å²) < 4.78 is 0. The number of rotatable bonds is 6. The molecule has 0 saturated heterocycles. The van der Waals surface area contributed by atoms with Gasteiger partial charge in [-0.2, -0.15) is 0 Å². The topological polar surface area (TPSA) is 58.1 Å². The molecule has 1 atom stereocenters. The number of aromatic nitrogens is 2. The van der Waals surface area contributed by atoms with Crippen LogP contribution < -0.4 is 10.2 Å². The number of hydrogen-bond donors (Lipinski definition) is 1. The fourth-order valence-electron chi connectivity index (χ4n) is 3.87. The molecule has 0 aliphatic heterocycles. The number of nitrogens with one attached hydrogen (secondary N) is 1. The monoisotopic (exact) mass is 366 g/mol. The van der Waals surface area contributed by atoms with Crippen LogP contribution in [0.3, 0.4) is 0 Å². The Hall–Kier alpha value is -2.43. The highest BCUT2D eigenvalue weighted by molar-refractivity contribution is 5.73. The molecule has 2 aromatic rings. The molecule has 0 bridgehead atoms. The maximum absolute atomic E-state index is 11.2. The summed E-state index contributed by atoms with van der Waals surface area (Å²) >= 11 is 0. The Bertz CT molecular complexity index is 753. The van der Waals surface area contributed by atoms with Crippen molar-refractivity contribution in [2.24, 2.45) is 0 Å². The van der Waals surface area contributed by atoms with Gasteiger partial charge in [0.25, 0.3) is 0 Å². The molecule has 0 spiro atoms. The predicted molar refractivity (Wildman–Crippen MR) is 110 cm³/mol. The maximum Gasteiger partial charge on any atom is 0.225 e. The van der Waals surface area contributed by atoms with Crippen LogP contribution in [0.2, 0.25) is 0 Å². The molecule has 1 heterocycles. The van der Waals surface area contributed by atoms with Gasteiger partial charge in [0.05, 0.1) is 5.69 Å². The summed E-state index contributed by atoms with van der Waals surface area (Å²) in [5, 5.41) is 2.92. The molecule has 1 fully saturated rings. The average Bonchev–Trinajstić information content (AvgIpc) is 2.68. The van der Waals surface area contributed by atoms with Crippen LogP contribution in [0.4, 0.5) is 5.95 Å². The molecule has 1 aliphatic rings. The lowest BCUT2D eigenvalue weighted by Gasteiger charge is -2.31. The summed E-state index contributed by atoms with van der Waals surface area (Å²) in [6, 6.07) is 11.1. The number of carbonyl (C=O) groups is 1. The van der Waals surface area contributed by atoms with Gasteiger partial charge in [0.2, 0.25) is 11.9 Å². The summed E-state index contributed by atoms with van der Waals surface area (Å²) in [5.41, 5.74) is 3.24. The second kappa shape index (κ2) is 8.98. The van der Waals surface area contributed by atoms with Crippen molar-refractivity contribution in [3.63, 3.8) is 0 Å². The third kappa shape index (κ3) is 5.28. The third-order valence-electron chi connectivity index (χ3n) is 5.32. The van der Waals surface area contributed by atoms with Crippen LogP contribution in [0.25, 0.3) is 11.3 Å². The van der Waals surface area contributed by atoms with Crippen molar-refractivity contribution in [3.8, 4) is 11.3 Å². The molecule has 1 unspecified atom stereocenters. The maximum atomic E-state index is 11.2. The molecule has 1 amide bonds. The van der Waals surface area contributed by atoms with E-state index in [1.54, 1.807) is 6.92 Å². The van der Waals surface area contributed by atoms with Gasteiger partial charge in [-0.3, -0.25) is 4.79 Å². The molecule has 144 valence electrons. The molecule has 5 nitrogen and oxygen atoms in total. The van der Waals surface area contributed by atoms with Gasteiger partial charge >= 0.3 is 0 Å². The first-order chi connectivity index (χ1) is 13.0. The zero-order valence-corrected chi connectivity index (χ0v) is 16.6. The van der Waals surface area contributed by atoms with Gasteiger partial charge in [0.1, 0.15) is 0 Å². The zero-order chi connectivity index (χ0) is 19.2. The van der Waals surface area contributed by atoms with Crippen LogP contribution in [0.1, 0.15) is 51.5 Å². The first kappa shape index (κ1) is 19.3. The molecule has 27 heavy (non-hydrogen) atoms. The van der Waals surface area contributed by atoms with Crippen molar-refractivity contribution < 1.29 is 4.79 Å². The minimum Gasteiger partial charge on any atom is -0.354 e. The van der Waals surface area contributed by atoms with E-state index < -0.39 is 0 Å². The van der Waals surface area contributed by atoms with E-state index in [0.29, 0.717) is 6.04 Å². The normalized spacial score (nSPS) is 16.0. The molecule has 0 radical (unpaired) electrons. The van der Waals surface area contributed by atoms with Gasteiger partial charge in [-0.1, -0.05) is 43.5 Å². The van der Waals surface area contributed by atoms with Crippen molar-refractivity contribution in [2.45, 2.75) is 64.5 Å². The lowest BCUT2D eigenvalue weighted by atomic mass is 9.95. The number of carbonyl (C=O) groups excluding carboxylic acids is 1. The number of anilines is 1. The van der Waals surface area contributed by atoms with Crippen molar-refractivity contribution in [1.82, 2.24) is 15.3 Å². The summed E-state index contributed by atoms with van der Waals surface area (Å²) in [6.45, 7) is 3.57. The molecule has 1 aromatic carbocycles. The van der Waals surface area contributed by atoms with Crippen molar-refractivity contribution in [2.75, 3.05) is 11.9 Å². The van der Waals surface area contributed by atoms with Gasteiger partial charge < -0.3 is 10.2 Å². The summed E-state index contributed by atoms with van der Waals surface area (Å²) in [4.78, 5) is 22.7. The Labute approximate surface area is 162 Å². The number of amides is 1. The molecular weight excluding hydrogens is 336 g/mol. The number of nitrogens with zero attached hydrogens (tertiary/aromatic N) is 3. The van der Waals surface area contributed by atoms with E-state index in [-0.39, 0.29) is 11.9 Å². The first-order valence-corrected chi connectivity index (χ1v) is 9.95. The molecule has 1 saturated carbocycles. The lowest BCUT2D eigenvalue weighted by molar-refractivity contribution is -0.119. The lowest BCUT2D eigenvalue weighted by Crippen LogP contribution is -2.34. The van der Waals surface area contributed by atoms with E-state index in [4.69, 9.17) is 4.98 Å². The SMILES string of the molecule is CC(=O)NC(C)Cc1ccc(-c2ccnc(N(C)C3CCCCC3)n2)cc1. The molecule has 5 heteroatoms. The van der Waals surface area contributed by atoms with Crippen LogP contribution in [0.15, 0.2) is 36.5 Å². The van der Waals surface area contributed by atoms with Crippen LogP contribution in [-0.2, 0) is 11.2 Å². The fraction of sp³-hybridized carbons (Fsp3) is 0.500. The second-order valence-electron chi connectivity index (χ2n) is 7.65. The van der Waals surface area contributed by atoms with Crippen LogP contribution in [0, 0.1) is 0 Å². The van der Waals surface area contributed by atoms with Gasteiger partial charge in [0.15, 0.2) is 0 Å². The zero-order valence-electron chi connectivity index (χ0n) is 16.6. The number of benzene rings is 1. The van der Waals surface area contributed by atoms with Crippen molar-refractivity contribution in [1.29, 1.82) is 0 Å². The van der Waals surface area contributed by atoms with E-state index in [0.717, 1.165) is 23.6 Å². The van der Waals surface area contributed by atoms with E-state index in [1.807, 2.05) is 19.2 Å². The van der Waals surface area contributed by atoms with E-state index >= 15 is 0 Å². The Morgan fingerprint density at radius 1 is 1.19 bits per heavy atom. The van der Waals surface area contributed by atoms with Gasteiger partial charge in [0, 0.05) is 37.8 Å². The van der Waals surface area contributed by atoms with Crippen LogP contribution >= 0.6 is 0 Å². The Balaban J connectivity index is 1.70. The molecule has 1 aromatic heterocycles. The van der Waals surface area contributed by atoms with Crippen LogP contribution in [0.5, 0.6) is 0 Å². The number of hydrogen-bond acceptors (Lipinski definition) is 4. The molecule has 1 N–H and O–H groups in total. The molecular formula is C22H30N4O. The molecule has 1 aliphatic carbocycles. The van der Waals surface area contributed by atoms with Crippen molar-refractivity contribution in [3.05, 3.63) is 42.1 Å². The predicted octanol–water partition coefficient (Wildman–Crippen LogP) is 3.98. The summed E-state index contributed by atoms with van der Waals surface area (Å²) in [7, 11) is 2.11. The quantitative estimate of drug-likeness (QED) is 0.840. The summed E-state index contributed by atoms with van der Waals surface area (Å²) in [6.07, 6.45) is 9.07. The van der Waals surface area contributed by atoms with Gasteiger partial charge in [-0.25, -0.2) is 9.97 Å². The Morgan fingerprint density at radius 2 is 1.89 bits per heavy atom. The highest BCUT2D eigenvalue weighted by Gasteiger charge is 2.20. The Kier molecular flexibility index (Phi) is 6.43. The third-order valence-corrected chi connectivity index (χ3v) is 5.32. The van der Waals surface area contributed by atoms with Gasteiger partial charge in [-0.05, 0) is 37.8 Å². The minimum atomic E-state index is 0.00900. The molecule has 3 rings (SSSR count). The van der Waals surface area contributed by atoms with Gasteiger partial charge in [-0.15, -0.1) is 0 Å². The average molecular weight is 367 g/mol. The largest absolute Gasteiger partial charge is 0.354 e. The standard InChI is InChI=1S/C22H30N4O/c1-16(24-17(2)27)15-18-9-11-19(12-10-18)21-13-14-23-22(25-21)26(3)20-7-5-4-6-8-20/h9-14,16,20H,4-8,15H2,1-3H3,(H,24,27). The highest BCUT2D eigenvalue weighted by Crippen LogP contribution is 2.25.